The number of amides is 3. The number of hydrogen-bond acceptors (Lipinski definition) is 17. The van der Waals surface area contributed by atoms with E-state index in [1.807, 2.05) is 89.5 Å². The van der Waals surface area contributed by atoms with Crippen LogP contribution in [0, 0.1) is 46.7 Å². The molecule has 6 aromatic carbocycles. The van der Waals surface area contributed by atoms with E-state index < -0.39 is 5.56 Å². The number of benzene rings is 6. The second-order valence-electron chi connectivity index (χ2n) is 24.8. The molecule has 0 saturated carbocycles. The van der Waals surface area contributed by atoms with E-state index in [0.717, 1.165) is 45.7 Å². The number of rotatable bonds is 14. The van der Waals surface area contributed by atoms with Crippen LogP contribution in [0.1, 0.15) is 65.6 Å². The predicted molar refractivity (Wildman–Crippen MR) is 385 cm³/mol. The normalized spacial score (nSPS) is 13.8. The summed E-state index contributed by atoms with van der Waals surface area (Å²) in [6.07, 6.45) is 0.779. The van der Waals surface area contributed by atoms with Crippen molar-refractivity contribution in [2.75, 3.05) is 128 Å². The largest absolute Gasteiger partial charge is 0.497 e. The van der Waals surface area contributed by atoms with Crippen molar-refractivity contribution >= 4 is 79.1 Å². The van der Waals surface area contributed by atoms with E-state index in [9.17, 15) is 48.9 Å². The number of carbonyl (C=O) groups is 3. The lowest BCUT2D eigenvalue weighted by Gasteiger charge is -2.37. The number of methoxy groups -OCH3 is 2. The lowest BCUT2D eigenvalue weighted by atomic mass is 10.1. The second kappa shape index (κ2) is 31.4. The lowest BCUT2D eigenvalue weighted by Crippen LogP contribution is -2.49. The van der Waals surface area contributed by atoms with E-state index in [2.05, 4.69) is 28.3 Å². The van der Waals surface area contributed by atoms with Crippen molar-refractivity contribution in [3.63, 3.8) is 0 Å². The van der Waals surface area contributed by atoms with Crippen LogP contribution in [0.4, 0.5) is 21.5 Å². The van der Waals surface area contributed by atoms with Crippen LogP contribution in [0.15, 0.2) is 164 Å². The minimum Gasteiger partial charge on any atom is -0.497 e. The molecule has 3 aliphatic heterocycles. The molecule has 13 rings (SSSR count). The molecule has 0 radical (unpaired) electrons. The molecule has 516 valence electrons. The van der Waals surface area contributed by atoms with Crippen molar-refractivity contribution in [3.05, 3.63) is 232 Å². The van der Waals surface area contributed by atoms with Crippen LogP contribution in [0.2, 0.25) is 5.02 Å². The third-order valence-electron chi connectivity index (χ3n) is 18.4. The first kappa shape index (κ1) is 70.5. The quantitative estimate of drug-likeness (QED) is 0.0983. The number of aryl methyl sites for hydroxylation is 3. The van der Waals surface area contributed by atoms with Gasteiger partial charge in [0.05, 0.1) is 54.4 Å². The number of pyridine rings is 3. The van der Waals surface area contributed by atoms with Crippen molar-refractivity contribution < 1.29 is 32.8 Å². The van der Waals surface area contributed by atoms with Crippen LogP contribution in [-0.2, 0) is 20.1 Å². The number of fused-ring (bicyclic) bond motifs is 3. The van der Waals surface area contributed by atoms with Gasteiger partial charge >= 0.3 is 0 Å². The minimum absolute atomic E-state index is 0.0537. The summed E-state index contributed by atoms with van der Waals surface area (Å²) in [6.45, 7) is 9.14. The zero-order valence-electron chi connectivity index (χ0n) is 56.9. The number of hydrogen-bond donors (Lipinski definition) is 0. The summed E-state index contributed by atoms with van der Waals surface area (Å²) < 4.78 is 33.5. The second-order valence-corrected chi connectivity index (χ2v) is 25.3. The molecule has 23 nitrogen and oxygen atoms in total. The molecular weight excluding hydrogens is 1310 g/mol. The molecule has 0 bridgehead atoms. The van der Waals surface area contributed by atoms with Crippen LogP contribution in [0.3, 0.4) is 0 Å². The Morgan fingerprint density at radius 2 is 0.980 bits per heavy atom. The Kier molecular flexibility index (Phi) is 21.9. The molecule has 25 heteroatoms. The van der Waals surface area contributed by atoms with Crippen molar-refractivity contribution in [2.45, 2.75) is 26.4 Å². The number of anilines is 3. The van der Waals surface area contributed by atoms with Gasteiger partial charge in [-0.3, -0.25) is 28.8 Å². The number of carbonyl (C=O) groups excluding carboxylic acids is 3. The summed E-state index contributed by atoms with van der Waals surface area (Å²) in [5.41, 5.74) is 5.62. The fraction of sp³-hybridized carbons (Fsp3) is 0.289. The number of ether oxygens (including phenoxy) is 2. The monoisotopic (exact) mass is 1380 g/mol. The van der Waals surface area contributed by atoms with E-state index >= 15 is 0 Å². The summed E-state index contributed by atoms with van der Waals surface area (Å²) >= 11 is 6.36. The van der Waals surface area contributed by atoms with E-state index in [1.54, 1.807) is 125 Å². The summed E-state index contributed by atoms with van der Waals surface area (Å²) in [5, 5.41) is 36.4. The van der Waals surface area contributed by atoms with E-state index in [4.69, 9.17) is 25.6 Å². The van der Waals surface area contributed by atoms with Gasteiger partial charge in [0.25, 0.3) is 34.4 Å². The van der Waals surface area contributed by atoms with Crippen LogP contribution in [0.25, 0.3) is 32.7 Å². The van der Waals surface area contributed by atoms with Crippen LogP contribution in [-0.4, -0.2) is 170 Å². The highest BCUT2D eigenvalue weighted by atomic mass is 35.5. The lowest BCUT2D eigenvalue weighted by molar-refractivity contribution is 0.0731. The first-order chi connectivity index (χ1) is 48.8. The number of nitriles is 3. The van der Waals surface area contributed by atoms with Gasteiger partial charge in [-0.1, -0.05) is 65.3 Å². The predicted octanol–water partition coefficient (Wildman–Crippen LogP) is 9.15. The molecule has 7 heterocycles. The molecular formula is C76H74ClFN14O9. The zero-order chi connectivity index (χ0) is 71.6. The van der Waals surface area contributed by atoms with Crippen molar-refractivity contribution in [1.29, 1.82) is 15.8 Å². The molecule has 4 aromatic heterocycles. The summed E-state index contributed by atoms with van der Waals surface area (Å²) in [5.74, 6) is 1.33. The maximum atomic E-state index is 13.5. The van der Waals surface area contributed by atoms with Gasteiger partial charge in [0, 0.05) is 131 Å². The number of aromatic nitrogens is 4. The third-order valence-corrected chi connectivity index (χ3v) is 18.6. The van der Waals surface area contributed by atoms with Gasteiger partial charge in [0.15, 0.2) is 5.69 Å². The molecule has 3 aliphatic rings. The molecule has 0 spiro atoms. The number of piperazine rings is 3. The highest BCUT2D eigenvalue weighted by molar-refractivity contribution is 6.31. The first-order valence-electron chi connectivity index (χ1n) is 32.9. The Balaban J connectivity index is 0.000000154. The smallest absolute Gasteiger partial charge is 0.276 e. The number of para-hydroxylation sites is 2. The van der Waals surface area contributed by atoms with Gasteiger partial charge < -0.3 is 62.0 Å². The van der Waals surface area contributed by atoms with Crippen molar-refractivity contribution in [3.8, 4) is 29.7 Å². The SMILES string of the molecule is COc1ccc(C(=O)N2CCN(c3c(C#N)c(=O)n(CCCN(C)C)c4ccc(Cl)cc34)CC2)cc1.COc1ccc(C(=O)N2CCN(c3c(C#N)c(=O)n(Cc4ccc(F)cc4)c4ccccc34)CC2)cc1.Cc1cc(C(=O)N2CCN(c3c(C#N)c(=O)n(C)c4ccccc34)CC2)no1. The van der Waals surface area contributed by atoms with E-state index in [0.29, 0.717) is 147 Å². The van der Waals surface area contributed by atoms with Gasteiger partial charge in [-0.2, -0.15) is 15.8 Å². The maximum Gasteiger partial charge on any atom is 0.276 e. The van der Waals surface area contributed by atoms with Crippen LogP contribution >= 0.6 is 11.6 Å². The summed E-state index contributed by atoms with van der Waals surface area (Å²) in [7, 11) is 8.82. The van der Waals surface area contributed by atoms with Gasteiger partial charge in [0.1, 0.15) is 58.0 Å². The minimum atomic E-state index is -0.391. The molecule has 0 N–H and O–H groups in total. The topological polar surface area (TPSA) is 256 Å². The average molecular weight is 1380 g/mol. The number of nitrogens with zero attached hydrogens (tertiary/aromatic N) is 14. The Hall–Kier alpha value is -11.8. The fourth-order valence-electron chi connectivity index (χ4n) is 13.1. The highest BCUT2D eigenvalue weighted by Crippen LogP contribution is 2.35. The Morgan fingerprint density at radius 1 is 0.545 bits per heavy atom. The van der Waals surface area contributed by atoms with Crippen molar-refractivity contribution in [2.24, 2.45) is 7.05 Å². The fourth-order valence-corrected chi connectivity index (χ4v) is 13.3. The molecule has 3 amide bonds. The Morgan fingerprint density at radius 3 is 1.45 bits per heavy atom. The maximum absolute atomic E-state index is 13.5. The molecule has 10 aromatic rings. The third kappa shape index (κ3) is 15.1. The van der Waals surface area contributed by atoms with Gasteiger partial charge in [-0.25, -0.2) is 4.39 Å². The van der Waals surface area contributed by atoms with Gasteiger partial charge in [0.2, 0.25) is 0 Å². The first-order valence-corrected chi connectivity index (χ1v) is 33.3. The molecule has 0 aliphatic carbocycles. The Bertz CT molecular complexity index is 5070. The molecule has 3 saturated heterocycles. The molecule has 3 fully saturated rings. The van der Waals surface area contributed by atoms with E-state index in [1.165, 1.54) is 16.7 Å². The average Bonchev–Trinajstić information content (AvgIpc) is 1.17. The summed E-state index contributed by atoms with van der Waals surface area (Å²) in [4.78, 5) is 91.6. The zero-order valence-corrected chi connectivity index (χ0v) is 57.6. The Labute approximate surface area is 586 Å². The van der Waals surface area contributed by atoms with Gasteiger partial charge in [-0.15, -0.1) is 0 Å². The van der Waals surface area contributed by atoms with Crippen LogP contribution in [0.5, 0.6) is 11.5 Å². The summed E-state index contributed by atoms with van der Waals surface area (Å²) in [6, 6.07) is 48.5. The van der Waals surface area contributed by atoms with Crippen LogP contribution < -0.4 is 40.9 Å². The molecule has 0 atom stereocenters. The van der Waals surface area contributed by atoms with Crippen molar-refractivity contribution in [1.82, 2.24) is 38.5 Å². The van der Waals surface area contributed by atoms with Gasteiger partial charge in [-0.05, 0) is 131 Å². The number of halogens is 2. The standard InChI is InChI=1S/C29H25FN4O3.C27H30ClN5O3.C20H19N5O3/c1-37-23-12-8-21(9-13-23)28(35)33-16-14-32(15-17-33)27-24-4-2-3-5-26(24)34(29(36)25(27)18-31)19-20-6-10-22(30)11-7-20;1-30(2)11-4-12-33-24-10-7-20(28)17-22(24)25(23(18-29)27(33)35)31-13-15-32(16-14-31)26(34)19-5-8-21(36-3)9-6-19;1-13-11-16(22-28-13)20(27)25-9-7-24(8-10-25)18-14-5-3-4-6-17(14)23(2)19(26)15(18)12-21/h2-13H,14-17,19H2,1H3;5-10,17H,4,11-16H2,1-3H3;3-6,11H,7-10H2,1-2H3. The molecule has 0 unspecified atom stereocenters. The van der Waals surface area contributed by atoms with E-state index in [-0.39, 0.29) is 57.9 Å². The molecule has 101 heavy (non-hydrogen) atoms. The highest BCUT2D eigenvalue weighted by Gasteiger charge is 2.32.